The zero-order valence-electron chi connectivity index (χ0n) is 18.5. The molecule has 2 aromatic carbocycles. The molecular formula is C25H21BrN8O. The number of aromatic nitrogens is 4. The van der Waals surface area contributed by atoms with Gasteiger partial charge in [-0.2, -0.15) is 5.10 Å². The van der Waals surface area contributed by atoms with E-state index in [2.05, 4.69) is 20.8 Å². The van der Waals surface area contributed by atoms with Gasteiger partial charge in [0.1, 0.15) is 17.0 Å². The first kappa shape index (κ1) is 22.5. The summed E-state index contributed by atoms with van der Waals surface area (Å²) in [4.78, 5) is 26.2. The lowest BCUT2D eigenvalue weighted by Gasteiger charge is -2.03. The highest BCUT2D eigenvalue weighted by atomic mass is 79.9. The van der Waals surface area contributed by atoms with Gasteiger partial charge in [0.05, 0.1) is 24.1 Å². The van der Waals surface area contributed by atoms with Crippen molar-refractivity contribution in [2.75, 3.05) is 13.1 Å². The van der Waals surface area contributed by atoms with Crippen LogP contribution in [0.1, 0.15) is 16.2 Å². The molecule has 9 nitrogen and oxygen atoms in total. The van der Waals surface area contributed by atoms with Gasteiger partial charge in [-0.3, -0.25) is 13.6 Å². The van der Waals surface area contributed by atoms with Crippen LogP contribution in [0.2, 0.25) is 0 Å². The van der Waals surface area contributed by atoms with Crippen LogP contribution in [0.25, 0.3) is 33.9 Å². The summed E-state index contributed by atoms with van der Waals surface area (Å²) in [5.74, 6) is 1.21. The standard InChI is InChI=1S/C25H20N8O.BrH/c34-16-20-23(18-9-5-2-6-10-18)30-25-32(20)14-11-21-29-22(17-7-3-1-4-8-17)19(33(21)25)15-28-31-24-26-12-13-27-24;/h1-11,14-16H,12-13H2,(H2,26,27,31);1H/b28-15+;. The first-order chi connectivity index (χ1) is 16.8. The van der Waals surface area contributed by atoms with Crippen LogP contribution < -0.4 is 10.7 Å². The molecule has 0 amide bonds. The number of hydrogen-bond donors (Lipinski definition) is 2. The average molecular weight is 529 g/mol. The predicted molar refractivity (Wildman–Crippen MR) is 142 cm³/mol. The first-order valence-corrected chi connectivity index (χ1v) is 10.9. The first-order valence-electron chi connectivity index (χ1n) is 10.9. The molecule has 0 saturated carbocycles. The maximum atomic E-state index is 12.1. The van der Waals surface area contributed by atoms with Crippen LogP contribution in [0.3, 0.4) is 0 Å². The maximum absolute atomic E-state index is 12.1. The van der Waals surface area contributed by atoms with Gasteiger partial charge in [0, 0.05) is 23.9 Å². The second kappa shape index (κ2) is 9.51. The Balaban J connectivity index is 0.00000253. The molecule has 1 aliphatic rings. The summed E-state index contributed by atoms with van der Waals surface area (Å²) >= 11 is 0. The molecular weight excluding hydrogens is 508 g/mol. The van der Waals surface area contributed by atoms with E-state index in [0.717, 1.165) is 35.3 Å². The van der Waals surface area contributed by atoms with Crippen molar-refractivity contribution in [1.82, 2.24) is 29.5 Å². The Morgan fingerprint density at radius 3 is 2.23 bits per heavy atom. The molecule has 174 valence electrons. The van der Waals surface area contributed by atoms with Crippen molar-refractivity contribution >= 4 is 46.9 Å². The van der Waals surface area contributed by atoms with Crippen molar-refractivity contribution in [2.24, 2.45) is 10.1 Å². The Labute approximate surface area is 211 Å². The molecule has 0 saturated heterocycles. The molecule has 0 radical (unpaired) electrons. The fourth-order valence-corrected chi connectivity index (χ4v) is 4.13. The Morgan fingerprint density at radius 2 is 1.60 bits per heavy atom. The number of aldehydes is 1. The molecule has 5 aromatic rings. The summed E-state index contributed by atoms with van der Waals surface area (Å²) in [6, 6.07) is 21.5. The molecule has 4 heterocycles. The van der Waals surface area contributed by atoms with E-state index in [9.17, 15) is 4.79 Å². The number of hydrogen-bond acceptors (Lipinski definition) is 7. The topological polar surface area (TPSA) is 100 Å². The number of carbonyl (C=O) groups excluding carboxylic acids is 1. The van der Waals surface area contributed by atoms with E-state index >= 15 is 0 Å². The van der Waals surface area contributed by atoms with Gasteiger partial charge >= 0.3 is 0 Å². The molecule has 0 spiro atoms. The van der Waals surface area contributed by atoms with E-state index in [1.165, 1.54) is 0 Å². The van der Waals surface area contributed by atoms with Gasteiger partial charge in [0.15, 0.2) is 6.29 Å². The summed E-state index contributed by atoms with van der Waals surface area (Å²) in [6.07, 6.45) is 4.37. The van der Waals surface area contributed by atoms with Gasteiger partial charge in [-0.05, 0) is 6.07 Å². The third kappa shape index (κ3) is 3.97. The number of nitrogens with one attached hydrogen (secondary N) is 2. The van der Waals surface area contributed by atoms with E-state index in [4.69, 9.17) is 9.97 Å². The Morgan fingerprint density at radius 1 is 0.914 bits per heavy atom. The molecule has 0 unspecified atom stereocenters. The number of halogens is 1. The average Bonchev–Trinajstić information content (AvgIpc) is 3.62. The lowest BCUT2D eigenvalue weighted by Crippen LogP contribution is -2.30. The smallest absolute Gasteiger partial charge is 0.221 e. The minimum atomic E-state index is 0. The van der Waals surface area contributed by atoms with Gasteiger partial charge in [0.25, 0.3) is 0 Å². The number of guanidine groups is 1. The van der Waals surface area contributed by atoms with Crippen molar-refractivity contribution in [1.29, 1.82) is 0 Å². The molecule has 35 heavy (non-hydrogen) atoms. The van der Waals surface area contributed by atoms with Crippen molar-refractivity contribution in [3.05, 3.63) is 84.3 Å². The highest BCUT2D eigenvalue weighted by molar-refractivity contribution is 8.93. The summed E-state index contributed by atoms with van der Waals surface area (Å²) in [5, 5.41) is 7.54. The van der Waals surface area contributed by atoms with Gasteiger partial charge in [-0.25, -0.2) is 20.4 Å². The van der Waals surface area contributed by atoms with E-state index in [1.807, 2.05) is 77.3 Å². The molecule has 0 aliphatic carbocycles. The SMILES string of the molecule is Br.O=Cc1c(-c2ccccc2)nc2n1ccc1nc(-c3ccccc3)c(/C=N/NC3=NCCN3)n12. The monoisotopic (exact) mass is 528 g/mol. The zero-order valence-corrected chi connectivity index (χ0v) is 20.2. The van der Waals surface area contributed by atoms with Crippen LogP contribution in [0.4, 0.5) is 0 Å². The highest BCUT2D eigenvalue weighted by Crippen LogP contribution is 2.28. The molecule has 0 fully saturated rings. The summed E-state index contributed by atoms with van der Waals surface area (Å²) in [6.45, 7) is 1.50. The molecule has 1 aliphatic heterocycles. The minimum Gasteiger partial charge on any atom is -0.353 e. The van der Waals surface area contributed by atoms with Crippen molar-refractivity contribution in [2.45, 2.75) is 0 Å². The second-order valence-electron chi connectivity index (χ2n) is 7.75. The number of aliphatic imine (C=N–C) groups is 1. The van der Waals surface area contributed by atoms with Crippen LogP contribution >= 0.6 is 17.0 Å². The van der Waals surface area contributed by atoms with E-state index in [-0.39, 0.29) is 17.0 Å². The Bertz CT molecular complexity index is 1570. The maximum Gasteiger partial charge on any atom is 0.221 e. The number of rotatable bonds is 5. The molecule has 0 atom stereocenters. The highest BCUT2D eigenvalue weighted by Gasteiger charge is 2.20. The number of nitrogens with zero attached hydrogens (tertiary/aromatic N) is 6. The van der Waals surface area contributed by atoms with Crippen molar-refractivity contribution < 1.29 is 4.79 Å². The number of imidazole rings is 2. The van der Waals surface area contributed by atoms with Crippen molar-refractivity contribution in [3.63, 3.8) is 0 Å². The van der Waals surface area contributed by atoms with E-state index in [1.54, 1.807) is 10.6 Å². The molecule has 0 bridgehead atoms. The number of hydrazone groups is 1. The summed E-state index contributed by atoms with van der Waals surface area (Å²) in [5.41, 5.74) is 8.06. The second-order valence-corrected chi connectivity index (χ2v) is 7.75. The predicted octanol–water partition coefficient (Wildman–Crippen LogP) is 3.59. The minimum absolute atomic E-state index is 0. The fraction of sp³-hybridized carbons (Fsp3) is 0.0800. The molecule has 2 N–H and O–H groups in total. The lowest BCUT2D eigenvalue weighted by molar-refractivity contribution is 0.111. The van der Waals surface area contributed by atoms with Gasteiger partial charge in [-0.1, -0.05) is 60.7 Å². The third-order valence-electron chi connectivity index (χ3n) is 5.68. The van der Waals surface area contributed by atoms with Crippen LogP contribution in [0, 0.1) is 0 Å². The van der Waals surface area contributed by atoms with Gasteiger partial charge in [0.2, 0.25) is 11.7 Å². The molecule has 10 heteroatoms. The van der Waals surface area contributed by atoms with E-state index < -0.39 is 0 Å². The molecule has 3 aromatic heterocycles. The zero-order chi connectivity index (χ0) is 22.9. The summed E-state index contributed by atoms with van der Waals surface area (Å²) in [7, 11) is 0. The quantitative estimate of drug-likeness (QED) is 0.206. The number of fused-ring (bicyclic) bond motifs is 3. The van der Waals surface area contributed by atoms with Crippen LogP contribution in [0.5, 0.6) is 0 Å². The number of benzene rings is 2. The van der Waals surface area contributed by atoms with Crippen molar-refractivity contribution in [3.8, 4) is 22.5 Å². The Kier molecular flexibility index (Phi) is 6.11. The van der Waals surface area contributed by atoms with Gasteiger partial charge < -0.3 is 5.32 Å². The van der Waals surface area contributed by atoms with E-state index in [0.29, 0.717) is 35.3 Å². The normalized spacial score (nSPS) is 13.1. The number of carbonyl (C=O) groups is 1. The largest absolute Gasteiger partial charge is 0.353 e. The van der Waals surface area contributed by atoms with Crippen LogP contribution in [-0.4, -0.2) is 50.3 Å². The van der Waals surface area contributed by atoms with Gasteiger partial charge in [-0.15, -0.1) is 17.0 Å². The fourth-order valence-electron chi connectivity index (χ4n) is 4.13. The van der Waals surface area contributed by atoms with Crippen LogP contribution in [-0.2, 0) is 0 Å². The third-order valence-corrected chi connectivity index (χ3v) is 5.68. The molecule has 6 rings (SSSR count). The summed E-state index contributed by atoms with van der Waals surface area (Å²) < 4.78 is 3.70. The van der Waals surface area contributed by atoms with Crippen LogP contribution in [0.15, 0.2) is 83.0 Å². The lowest BCUT2D eigenvalue weighted by atomic mass is 10.1. The Hall–Kier alpha value is -4.31.